The minimum atomic E-state index is -0.277. The van der Waals surface area contributed by atoms with Crippen molar-refractivity contribution in [3.8, 4) is 0 Å². The van der Waals surface area contributed by atoms with Gasteiger partial charge in [0, 0.05) is 40.7 Å². The average Bonchev–Trinajstić information content (AvgIpc) is 3.37. The highest BCUT2D eigenvalue weighted by Gasteiger charge is 2.47. The van der Waals surface area contributed by atoms with Crippen LogP contribution < -0.4 is 4.90 Å². The number of hydrogen-bond donors (Lipinski definition) is 0. The Kier molecular flexibility index (Phi) is 3.79. The van der Waals surface area contributed by atoms with Crippen LogP contribution in [0.1, 0.15) is 47.4 Å². The second-order valence-electron chi connectivity index (χ2n) is 8.69. The zero-order chi connectivity index (χ0) is 19.7. The third kappa shape index (κ3) is 2.49. The van der Waals surface area contributed by atoms with E-state index in [0.29, 0.717) is 23.7 Å². The largest absolute Gasteiger partial charge is 0.363 e. The molecule has 0 bridgehead atoms. The van der Waals surface area contributed by atoms with E-state index in [4.69, 9.17) is 0 Å². The van der Waals surface area contributed by atoms with Crippen LogP contribution in [0.4, 0.5) is 11.4 Å². The molecule has 0 aromatic heterocycles. The van der Waals surface area contributed by atoms with Crippen molar-refractivity contribution in [1.82, 2.24) is 0 Å². The van der Waals surface area contributed by atoms with Crippen molar-refractivity contribution in [2.75, 3.05) is 11.4 Å². The molecule has 4 nitrogen and oxygen atoms in total. The molecule has 0 saturated carbocycles. The number of non-ortho nitro benzene ring substituents is 1. The van der Waals surface area contributed by atoms with E-state index >= 15 is 0 Å². The molecule has 5 atom stereocenters. The topological polar surface area (TPSA) is 46.4 Å². The van der Waals surface area contributed by atoms with Gasteiger partial charge in [-0.3, -0.25) is 10.1 Å². The molecule has 2 heterocycles. The maximum Gasteiger partial charge on any atom is 0.269 e. The van der Waals surface area contributed by atoms with Gasteiger partial charge in [0.15, 0.2) is 0 Å². The number of halogens is 1. The van der Waals surface area contributed by atoms with Crippen LogP contribution in [0.2, 0.25) is 0 Å². The predicted molar refractivity (Wildman–Crippen MR) is 117 cm³/mol. The minimum absolute atomic E-state index is 0.170. The Morgan fingerprint density at radius 1 is 1.03 bits per heavy atom. The van der Waals surface area contributed by atoms with Gasteiger partial charge in [-0.15, -0.1) is 0 Å². The van der Waals surface area contributed by atoms with Gasteiger partial charge in [-0.1, -0.05) is 52.4 Å². The van der Waals surface area contributed by atoms with Crippen LogP contribution in [0, 0.1) is 22.0 Å². The summed E-state index contributed by atoms with van der Waals surface area (Å²) in [5.41, 5.74) is 5.44. The molecule has 0 saturated heterocycles. The lowest BCUT2D eigenvalue weighted by Crippen LogP contribution is -2.46. The molecular formula is C24H21BrN2O2. The summed E-state index contributed by atoms with van der Waals surface area (Å²) < 4.78 is 1.15. The summed E-state index contributed by atoms with van der Waals surface area (Å²) in [6.07, 6.45) is 11.5. The lowest BCUT2D eigenvalue weighted by molar-refractivity contribution is -0.384. The molecular weight excluding hydrogens is 428 g/mol. The fourth-order valence-electron chi connectivity index (χ4n) is 6.14. The van der Waals surface area contributed by atoms with E-state index in [-0.39, 0.29) is 16.7 Å². The number of allylic oxidation sites excluding steroid dienone is 4. The van der Waals surface area contributed by atoms with Crippen molar-refractivity contribution < 1.29 is 4.92 Å². The van der Waals surface area contributed by atoms with Gasteiger partial charge in [0.1, 0.15) is 0 Å². The monoisotopic (exact) mass is 448 g/mol. The highest BCUT2D eigenvalue weighted by Crippen LogP contribution is 2.59. The molecule has 0 radical (unpaired) electrons. The van der Waals surface area contributed by atoms with Crippen LogP contribution in [0.15, 0.2) is 65.2 Å². The number of benzene rings is 2. The summed E-state index contributed by atoms with van der Waals surface area (Å²) >= 11 is 3.76. The van der Waals surface area contributed by atoms with Crippen LogP contribution in [-0.4, -0.2) is 11.5 Å². The fourth-order valence-corrected chi connectivity index (χ4v) is 6.63. The van der Waals surface area contributed by atoms with Crippen LogP contribution in [0.5, 0.6) is 0 Å². The lowest BCUT2D eigenvalue weighted by Gasteiger charge is -2.51. The molecule has 5 heteroatoms. The molecule has 2 aromatic carbocycles. The van der Waals surface area contributed by atoms with Crippen molar-refractivity contribution in [3.05, 3.63) is 92.0 Å². The van der Waals surface area contributed by atoms with Crippen LogP contribution in [-0.2, 0) is 0 Å². The third-order valence-corrected chi connectivity index (χ3v) is 7.70. The number of fused-ring (bicyclic) bond motifs is 4. The summed E-state index contributed by atoms with van der Waals surface area (Å²) in [6.45, 7) is 1.01. The number of anilines is 1. The highest BCUT2D eigenvalue weighted by atomic mass is 79.9. The molecule has 6 rings (SSSR count). The van der Waals surface area contributed by atoms with Crippen molar-refractivity contribution in [3.63, 3.8) is 0 Å². The smallest absolute Gasteiger partial charge is 0.269 e. The fraction of sp³-hybridized carbons (Fsp3) is 0.333. The normalized spacial score (nSPS) is 30.8. The Labute approximate surface area is 178 Å². The van der Waals surface area contributed by atoms with Crippen molar-refractivity contribution >= 4 is 27.3 Å². The molecule has 2 aliphatic heterocycles. The minimum Gasteiger partial charge on any atom is -0.363 e. The second-order valence-corrected chi connectivity index (χ2v) is 9.60. The van der Waals surface area contributed by atoms with Crippen molar-refractivity contribution in [2.45, 2.75) is 30.7 Å². The van der Waals surface area contributed by atoms with E-state index in [1.165, 1.54) is 16.8 Å². The standard InChI is InChI=1S/C24H21BrN2O2/c25-16-11-21-18-7-2-5-15(18)13-26-23(14-4-1-6-17(10-14)27(28)29)20-9-3-8-19(20)22(12-16)24(21)26/h1-4,6-8,10-12,15,18-20,23H,5,9,13H2/t15-,18+,19+,20-,23-/m1/s1. The average molecular weight is 449 g/mol. The summed E-state index contributed by atoms with van der Waals surface area (Å²) in [6, 6.07) is 12.1. The molecule has 2 aromatic rings. The van der Waals surface area contributed by atoms with E-state index in [1.54, 1.807) is 12.1 Å². The molecule has 0 unspecified atom stereocenters. The number of nitrogens with zero attached hydrogens (tertiary/aromatic N) is 2. The first kappa shape index (κ1) is 17.5. The number of nitro benzene ring substituents is 1. The third-order valence-electron chi connectivity index (χ3n) is 7.24. The van der Waals surface area contributed by atoms with Gasteiger partial charge in [-0.25, -0.2) is 0 Å². The first-order valence-electron chi connectivity index (χ1n) is 10.3. The molecule has 146 valence electrons. The highest BCUT2D eigenvalue weighted by molar-refractivity contribution is 9.10. The maximum absolute atomic E-state index is 11.4. The molecule has 0 fully saturated rings. The van der Waals surface area contributed by atoms with Gasteiger partial charge in [-0.2, -0.15) is 0 Å². The predicted octanol–water partition coefficient (Wildman–Crippen LogP) is 6.25. The van der Waals surface area contributed by atoms with Crippen molar-refractivity contribution in [1.29, 1.82) is 0 Å². The Balaban J connectivity index is 1.57. The van der Waals surface area contributed by atoms with Gasteiger partial charge < -0.3 is 4.90 Å². The summed E-state index contributed by atoms with van der Waals surface area (Å²) in [4.78, 5) is 13.7. The zero-order valence-corrected chi connectivity index (χ0v) is 17.5. The number of rotatable bonds is 2. The van der Waals surface area contributed by atoms with Gasteiger partial charge in [0.2, 0.25) is 0 Å². The van der Waals surface area contributed by atoms with Crippen LogP contribution in [0.3, 0.4) is 0 Å². The Morgan fingerprint density at radius 3 is 2.62 bits per heavy atom. The second kappa shape index (κ2) is 6.30. The quantitative estimate of drug-likeness (QED) is 0.309. The van der Waals surface area contributed by atoms with E-state index < -0.39 is 0 Å². The SMILES string of the molecule is O=[N+]([O-])c1cccc([C@@H]2[C@@H]3CC=C[C@@H]3c3cc(Br)cc4c3N2C[C@H]2CC=C[C@H]42)c1. The molecule has 2 aliphatic carbocycles. The first-order chi connectivity index (χ1) is 14.1. The Hall–Kier alpha value is -2.40. The first-order valence-corrected chi connectivity index (χ1v) is 11.1. The van der Waals surface area contributed by atoms with Gasteiger partial charge in [0.05, 0.1) is 11.0 Å². The molecule has 29 heavy (non-hydrogen) atoms. The Morgan fingerprint density at radius 2 is 1.79 bits per heavy atom. The van der Waals surface area contributed by atoms with E-state index in [9.17, 15) is 10.1 Å². The van der Waals surface area contributed by atoms with Crippen LogP contribution >= 0.6 is 15.9 Å². The van der Waals surface area contributed by atoms with Gasteiger partial charge in [-0.05, 0) is 53.5 Å². The lowest BCUT2D eigenvalue weighted by atomic mass is 9.70. The van der Waals surface area contributed by atoms with E-state index in [2.05, 4.69) is 63.3 Å². The van der Waals surface area contributed by atoms with Gasteiger partial charge >= 0.3 is 0 Å². The van der Waals surface area contributed by atoms with Crippen molar-refractivity contribution in [2.24, 2.45) is 11.8 Å². The van der Waals surface area contributed by atoms with Crippen LogP contribution in [0.25, 0.3) is 0 Å². The summed E-state index contributed by atoms with van der Waals surface area (Å²) in [5, 5.41) is 11.4. The molecule has 0 amide bonds. The van der Waals surface area contributed by atoms with E-state index in [1.807, 2.05) is 6.07 Å². The summed E-state index contributed by atoms with van der Waals surface area (Å²) in [5.74, 6) is 1.84. The number of nitro groups is 1. The molecule has 0 spiro atoms. The molecule has 0 N–H and O–H groups in total. The number of hydrogen-bond acceptors (Lipinski definition) is 3. The van der Waals surface area contributed by atoms with Gasteiger partial charge in [0.25, 0.3) is 5.69 Å². The zero-order valence-electron chi connectivity index (χ0n) is 15.9. The van der Waals surface area contributed by atoms with E-state index in [0.717, 1.165) is 29.4 Å². The summed E-state index contributed by atoms with van der Waals surface area (Å²) in [7, 11) is 0. The maximum atomic E-state index is 11.4. The Bertz CT molecular complexity index is 1080. The molecule has 4 aliphatic rings.